The fraction of sp³-hybridized carbons (Fsp3) is 0.529. The molecule has 2 unspecified atom stereocenters. The molecule has 1 saturated heterocycles. The number of para-hydroxylation sites is 1. The quantitative estimate of drug-likeness (QED) is 0.825. The Kier molecular flexibility index (Phi) is 4.60. The Bertz CT molecular complexity index is 629. The van der Waals surface area contributed by atoms with E-state index in [0.29, 0.717) is 13.0 Å². The summed E-state index contributed by atoms with van der Waals surface area (Å²) < 4.78 is 14.5. The number of Topliss-reactive ketones (excluding diaryl/α,β-unsaturated/α-hetero) is 1. The van der Waals surface area contributed by atoms with Crippen molar-refractivity contribution in [1.82, 2.24) is 10.6 Å². The number of fused-ring (bicyclic) bond motifs is 1. The van der Waals surface area contributed by atoms with Gasteiger partial charge in [0.2, 0.25) is 6.30 Å². The van der Waals surface area contributed by atoms with Gasteiger partial charge in [-0.3, -0.25) is 10.1 Å². The molecule has 5 nitrogen and oxygen atoms in total. The number of anilines is 1. The minimum absolute atomic E-state index is 0.164. The highest BCUT2D eigenvalue weighted by atomic mass is 19.1. The molecule has 1 aromatic rings. The molecule has 6 heteroatoms. The van der Waals surface area contributed by atoms with Gasteiger partial charge in [-0.2, -0.15) is 5.26 Å². The average molecular weight is 316 g/mol. The van der Waals surface area contributed by atoms with Crippen LogP contribution in [-0.4, -0.2) is 38.3 Å². The number of nitrogens with one attached hydrogen (secondary N) is 2. The van der Waals surface area contributed by atoms with Crippen molar-refractivity contribution < 1.29 is 9.18 Å². The van der Waals surface area contributed by atoms with E-state index in [4.69, 9.17) is 5.26 Å². The zero-order valence-corrected chi connectivity index (χ0v) is 13.1. The van der Waals surface area contributed by atoms with Crippen LogP contribution in [0, 0.1) is 17.2 Å². The Morgan fingerprint density at radius 1 is 1.52 bits per heavy atom. The first-order valence-electron chi connectivity index (χ1n) is 7.97. The number of nitriles is 1. The molecule has 23 heavy (non-hydrogen) atoms. The van der Waals surface area contributed by atoms with Gasteiger partial charge < -0.3 is 10.2 Å². The summed E-state index contributed by atoms with van der Waals surface area (Å²) in [6.45, 7) is 1.19. The Balaban J connectivity index is 1.67. The van der Waals surface area contributed by atoms with Gasteiger partial charge in [-0.05, 0) is 24.5 Å². The summed E-state index contributed by atoms with van der Waals surface area (Å²) in [7, 11) is 2.01. The number of rotatable bonds is 4. The third-order valence-electron chi connectivity index (χ3n) is 4.76. The van der Waals surface area contributed by atoms with Crippen molar-refractivity contribution in [3.05, 3.63) is 29.8 Å². The lowest BCUT2D eigenvalue weighted by Gasteiger charge is -2.34. The molecule has 0 radical (unpaired) electrons. The average Bonchev–Trinajstić information content (AvgIpc) is 3.06. The van der Waals surface area contributed by atoms with Crippen molar-refractivity contribution in [3.8, 4) is 6.07 Å². The molecule has 0 aliphatic carbocycles. The molecular weight excluding hydrogens is 295 g/mol. The number of ketones is 1. The zero-order chi connectivity index (χ0) is 16.4. The molecule has 2 heterocycles. The van der Waals surface area contributed by atoms with Crippen LogP contribution in [0.25, 0.3) is 0 Å². The number of hydrogen-bond acceptors (Lipinski definition) is 5. The van der Waals surface area contributed by atoms with Crippen molar-refractivity contribution in [2.45, 2.75) is 31.2 Å². The van der Waals surface area contributed by atoms with Gasteiger partial charge in [0.05, 0.1) is 12.1 Å². The summed E-state index contributed by atoms with van der Waals surface area (Å²) in [5, 5.41) is 14.6. The van der Waals surface area contributed by atoms with Gasteiger partial charge in [-0.1, -0.05) is 18.2 Å². The second-order valence-electron chi connectivity index (χ2n) is 6.28. The number of hydrogen-bond donors (Lipinski definition) is 2. The van der Waals surface area contributed by atoms with E-state index in [9.17, 15) is 9.18 Å². The van der Waals surface area contributed by atoms with Crippen LogP contribution in [0.4, 0.5) is 10.1 Å². The number of carbonyl (C=O) groups is 1. The first-order chi connectivity index (χ1) is 11.1. The molecule has 4 atom stereocenters. The molecule has 0 bridgehead atoms. The first-order valence-corrected chi connectivity index (χ1v) is 7.97. The number of benzene rings is 1. The maximum Gasteiger partial charge on any atom is 0.210 e. The zero-order valence-electron chi connectivity index (χ0n) is 13.1. The molecule has 2 N–H and O–H groups in total. The lowest BCUT2D eigenvalue weighted by atomic mass is 9.95. The summed E-state index contributed by atoms with van der Waals surface area (Å²) in [5.41, 5.74) is 2.10. The molecule has 1 fully saturated rings. The third kappa shape index (κ3) is 3.21. The van der Waals surface area contributed by atoms with Gasteiger partial charge >= 0.3 is 0 Å². The molecule has 0 aromatic heterocycles. The second kappa shape index (κ2) is 6.65. The van der Waals surface area contributed by atoms with Crippen molar-refractivity contribution >= 4 is 11.5 Å². The predicted molar refractivity (Wildman–Crippen MR) is 85.6 cm³/mol. The maximum atomic E-state index is 14.5. The predicted octanol–water partition coefficient (Wildman–Crippen LogP) is 1.52. The molecule has 0 saturated carbocycles. The van der Waals surface area contributed by atoms with Crippen LogP contribution in [-0.2, 0) is 4.79 Å². The van der Waals surface area contributed by atoms with E-state index in [0.717, 1.165) is 24.2 Å². The smallest absolute Gasteiger partial charge is 0.210 e. The lowest BCUT2D eigenvalue weighted by molar-refractivity contribution is -0.128. The summed E-state index contributed by atoms with van der Waals surface area (Å²) in [4.78, 5) is 14.4. The van der Waals surface area contributed by atoms with Crippen LogP contribution in [0.3, 0.4) is 0 Å². The molecule has 0 amide bonds. The van der Waals surface area contributed by atoms with Crippen LogP contribution < -0.4 is 15.5 Å². The molecule has 0 spiro atoms. The van der Waals surface area contributed by atoms with Gasteiger partial charge in [0.25, 0.3) is 0 Å². The van der Waals surface area contributed by atoms with E-state index < -0.39 is 18.0 Å². The molecule has 3 rings (SSSR count). The minimum Gasteiger partial charge on any atom is -0.374 e. The van der Waals surface area contributed by atoms with E-state index in [1.54, 1.807) is 0 Å². The van der Waals surface area contributed by atoms with Crippen molar-refractivity contribution in [2.75, 3.05) is 25.0 Å². The van der Waals surface area contributed by atoms with E-state index in [2.05, 4.69) is 21.6 Å². The first kappa shape index (κ1) is 15.9. The molecular formula is C17H21FN4O. The van der Waals surface area contributed by atoms with E-state index in [1.807, 2.05) is 31.3 Å². The highest BCUT2D eigenvalue weighted by Crippen LogP contribution is 2.33. The largest absolute Gasteiger partial charge is 0.374 e. The van der Waals surface area contributed by atoms with Gasteiger partial charge in [0.15, 0.2) is 5.78 Å². The summed E-state index contributed by atoms with van der Waals surface area (Å²) in [6, 6.07) is 9.44. The van der Waals surface area contributed by atoms with Crippen LogP contribution >= 0.6 is 0 Å². The summed E-state index contributed by atoms with van der Waals surface area (Å²) in [6.07, 6.45) is -0.549. The topological polar surface area (TPSA) is 68.2 Å². The number of nitrogens with zero attached hydrogens (tertiary/aromatic N) is 2. The number of alkyl halides is 1. The maximum absolute atomic E-state index is 14.5. The fourth-order valence-corrected chi connectivity index (χ4v) is 3.42. The summed E-state index contributed by atoms with van der Waals surface area (Å²) >= 11 is 0. The molecule has 1 aromatic carbocycles. The number of halogens is 1. The van der Waals surface area contributed by atoms with E-state index in [-0.39, 0.29) is 12.1 Å². The van der Waals surface area contributed by atoms with Gasteiger partial charge in [-0.15, -0.1) is 0 Å². The highest BCUT2D eigenvalue weighted by molar-refractivity contribution is 5.85. The minimum atomic E-state index is -1.69. The lowest BCUT2D eigenvalue weighted by Crippen LogP contribution is -2.42. The SMILES string of the molecule is CN1CCC(NC(F)C(=O)[C@@H]2CN[C@H](C#N)C2)c2ccccc21. The highest BCUT2D eigenvalue weighted by Gasteiger charge is 2.35. The fourth-order valence-electron chi connectivity index (χ4n) is 3.42. The van der Waals surface area contributed by atoms with Crippen molar-refractivity contribution in [3.63, 3.8) is 0 Å². The van der Waals surface area contributed by atoms with E-state index >= 15 is 0 Å². The van der Waals surface area contributed by atoms with Crippen molar-refractivity contribution in [1.29, 1.82) is 5.26 Å². The standard InChI is InChI=1S/C17H21FN4O/c1-22-7-6-14(13-4-2-3-5-15(13)22)21-17(18)16(23)11-8-12(9-19)20-10-11/h2-5,11-12,14,17,20-21H,6-8,10H2,1H3/t11-,12-,14?,17?/m0/s1. The monoisotopic (exact) mass is 316 g/mol. The Hall–Kier alpha value is -1.97. The van der Waals surface area contributed by atoms with Crippen LogP contribution in [0.15, 0.2) is 24.3 Å². The van der Waals surface area contributed by atoms with Crippen molar-refractivity contribution in [2.24, 2.45) is 5.92 Å². The van der Waals surface area contributed by atoms with Crippen LogP contribution in [0.2, 0.25) is 0 Å². The second-order valence-corrected chi connectivity index (χ2v) is 6.28. The molecule has 2 aliphatic rings. The number of carbonyl (C=O) groups excluding carboxylic acids is 1. The van der Waals surface area contributed by atoms with Crippen LogP contribution in [0.5, 0.6) is 0 Å². The van der Waals surface area contributed by atoms with Crippen LogP contribution in [0.1, 0.15) is 24.4 Å². The normalized spacial score (nSPS) is 28.0. The van der Waals surface area contributed by atoms with Gasteiger partial charge in [0.1, 0.15) is 0 Å². The Morgan fingerprint density at radius 2 is 2.30 bits per heavy atom. The Morgan fingerprint density at radius 3 is 3.04 bits per heavy atom. The molecule has 122 valence electrons. The third-order valence-corrected chi connectivity index (χ3v) is 4.76. The van der Waals surface area contributed by atoms with E-state index in [1.165, 1.54) is 0 Å². The Labute approximate surface area is 135 Å². The van der Waals surface area contributed by atoms with Gasteiger partial charge in [0, 0.05) is 37.8 Å². The van der Waals surface area contributed by atoms with Gasteiger partial charge in [-0.25, -0.2) is 4.39 Å². The summed E-state index contributed by atoms with van der Waals surface area (Å²) in [5.74, 6) is -0.879. The molecule has 2 aliphatic heterocycles.